The first-order valence-corrected chi connectivity index (χ1v) is 9.03. The molecule has 0 spiro atoms. The number of halogens is 1. The fourth-order valence-electron chi connectivity index (χ4n) is 3.37. The number of fused-ring (bicyclic) bond motifs is 1. The Labute approximate surface area is 149 Å². The molecule has 2 aromatic heterocycles. The number of rotatable bonds is 3. The molecule has 1 aliphatic rings. The fraction of sp³-hybridized carbons (Fsp3) is 0.389. The van der Waals surface area contributed by atoms with E-state index in [1.807, 2.05) is 25.4 Å². The van der Waals surface area contributed by atoms with E-state index in [2.05, 4.69) is 47.9 Å². The summed E-state index contributed by atoms with van der Waals surface area (Å²) in [5.41, 5.74) is 3.09. The van der Waals surface area contributed by atoms with Gasteiger partial charge in [-0.05, 0) is 47.9 Å². The lowest BCUT2D eigenvalue weighted by molar-refractivity contribution is 0.201. The van der Waals surface area contributed by atoms with Crippen molar-refractivity contribution in [3.8, 4) is 0 Å². The number of oxazole rings is 1. The second-order valence-corrected chi connectivity index (χ2v) is 7.22. The van der Waals surface area contributed by atoms with Gasteiger partial charge in [0.05, 0.1) is 4.47 Å². The molecule has 0 N–H and O–H groups in total. The number of aromatic nitrogens is 3. The first-order chi connectivity index (χ1) is 11.7. The minimum absolute atomic E-state index is 0.456. The average molecular weight is 387 g/mol. The fourth-order valence-corrected chi connectivity index (χ4v) is 3.57. The van der Waals surface area contributed by atoms with Crippen molar-refractivity contribution in [2.24, 2.45) is 0 Å². The SMILES string of the molecule is Cc1nc2cccc(CN3CCC(c4ncc(Br)cn4)CC3)c2o1. The third kappa shape index (κ3) is 3.21. The first kappa shape index (κ1) is 15.7. The standard InChI is InChI=1S/C18H19BrN4O/c1-12-22-16-4-2-3-14(17(16)24-12)11-23-7-5-13(6-8-23)18-20-9-15(19)10-21-18/h2-4,9-10,13H,5-8,11H2,1H3. The number of aryl methyl sites for hydroxylation is 1. The van der Waals surface area contributed by atoms with Gasteiger partial charge in [-0.2, -0.15) is 0 Å². The van der Waals surface area contributed by atoms with Gasteiger partial charge in [0.2, 0.25) is 0 Å². The van der Waals surface area contributed by atoms with Crippen molar-refractivity contribution in [2.45, 2.75) is 32.2 Å². The van der Waals surface area contributed by atoms with Crippen LogP contribution < -0.4 is 0 Å². The third-order valence-corrected chi connectivity index (χ3v) is 5.00. The molecule has 0 saturated carbocycles. The monoisotopic (exact) mass is 386 g/mol. The Morgan fingerprint density at radius 3 is 2.71 bits per heavy atom. The molecule has 0 unspecified atom stereocenters. The van der Waals surface area contributed by atoms with Crippen molar-refractivity contribution < 1.29 is 4.42 Å². The minimum atomic E-state index is 0.456. The van der Waals surface area contributed by atoms with Gasteiger partial charge in [0.1, 0.15) is 11.3 Å². The smallest absolute Gasteiger partial charge is 0.192 e. The molecule has 0 aliphatic carbocycles. The van der Waals surface area contributed by atoms with Crippen LogP contribution in [0.3, 0.4) is 0 Å². The Kier molecular flexibility index (Phi) is 4.33. The van der Waals surface area contributed by atoms with Crippen LogP contribution in [0.15, 0.2) is 39.5 Å². The second kappa shape index (κ2) is 6.61. The molecule has 24 heavy (non-hydrogen) atoms. The van der Waals surface area contributed by atoms with Crippen molar-refractivity contribution in [3.05, 3.63) is 52.3 Å². The molecule has 5 nitrogen and oxygen atoms in total. The maximum atomic E-state index is 5.78. The molecular weight excluding hydrogens is 368 g/mol. The summed E-state index contributed by atoms with van der Waals surface area (Å²) in [6.07, 6.45) is 5.85. The number of hydrogen-bond donors (Lipinski definition) is 0. The summed E-state index contributed by atoms with van der Waals surface area (Å²) in [5, 5.41) is 0. The van der Waals surface area contributed by atoms with Gasteiger partial charge in [-0.1, -0.05) is 12.1 Å². The summed E-state index contributed by atoms with van der Waals surface area (Å²) < 4.78 is 6.71. The van der Waals surface area contributed by atoms with E-state index in [4.69, 9.17) is 4.42 Å². The van der Waals surface area contributed by atoms with Gasteiger partial charge in [-0.25, -0.2) is 15.0 Å². The lowest BCUT2D eigenvalue weighted by atomic mass is 9.95. The highest BCUT2D eigenvalue weighted by Crippen LogP contribution is 2.28. The molecule has 1 aromatic carbocycles. The van der Waals surface area contributed by atoms with E-state index in [0.29, 0.717) is 5.92 Å². The van der Waals surface area contributed by atoms with Crippen LogP contribution in [0.4, 0.5) is 0 Å². The van der Waals surface area contributed by atoms with Crippen LogP contribution in [-0.2, 0) is 6.54 Å². The largest absolute Gasteiger partial charge is 0.441 e. The Balaban J connectivity index is 1.43. The van der Waals surface area contributed by atoms with Crippen LogP contribution in [-0.4, -0.2) is 32.9 Å². The third-order valence-electron chi connectivity index (χ3n) is 4.59. The van der Waals surface area contributed by atoms with Crippen LogP contribution in [0.1, 0.15) is 36.0 Å². The van der Waals surface area contributed by atoms with E-state index in [1.54, 1.807) is 0 Å². The van der Waals surface area contributed by atoms with Gasteiger partial charge < -0.3 is 4.42 Å². The van der Waals surface area contributed by atoms with Crippen molar-refractivity contribution in [1.82, 2.24) is 19.9 Å². The molecule has 1 saturated heterocycles. The van der Waals surface area contributed by atoms with E-state index in [-0.39, 0.29) is 0 Å². The number of hydrogen-bond acceptors (Lipinski definition) is 5. The van der Waals surface area contributed by atoms with E-state index >= 15 is 0 Å². The molecule has 3 heterocycles. The highest BCUT2D eigenvalue weighted by atomic mass is 79.9. The number of likely N-dealkylation sites (tertiary alicyclic amines) is 1. The molecule has 1 fully saturated rings. The van der Waals surface area contributed by atoms with Crippen molar-refractivity contribution in [2.75, 3.05) is 13.1 Å². The normalized spacial score (nSPS) is 16.8. The van der Waals surface area contributed by atoms with Crippen LogP contribution in [0.5, 0.6) is 0 Å². The first-order valence-electron chi connectivity index (χ1n) is 8.24. The summed E-state index contributed by atoms with van der Waals surface area (Å²) in [6.45, 7) is 4.90. The van der Waals surface area contributed by atoms with E-state index in [0.717, 1.165) is 59.8 Å². The van der Waals surface area contributed by atoms with Gasteiger partial charge >= 0.3 is 0 Å². The average Bonchev–Trinajstić information content (AvgIpc) is 2.98. The Morgan fingerprint density at radius 1 is 1.21 bits per heavy atom. The van der Waals surface area contributed by atoms with E-state index in [9.17, 15) is 0 Å². The predicted molar refractivity (Wildman–Crippen MR) is 95.7 cm³/mol. The van der Waals surface area contributed by atoms with Crippen LogP contribution in [0.25, 0.3) is 11.1 Å². The summed E-state index contributed by atoms with van der Waals surface area (Å²) in [7, 11) is 0. The molecule has 0 amide bonds. The molecule has 1 aliphatic heterocycles. The highest BCUT2D eigenvalue weighted by molar-refractivity contribution is 9.10. The minimum Gasteiger partial charge on any atom is -0.441 e. The van der Waals surface area contributed by atoms with Gasteiger partial charge in [-0.3, -0.25) is 4.90 Å². The Hall–Kier alpha value is -1.79. The Morgan fingerprint density at radius 2 is 1.96 bits per heavy atom. The number of para-hydroxylation sites is 1. The van der Waals surface area contributed by atoms with Crippen molar-refractivity contribution >= 4 is 27.0 Å². The number of piperidine rings is 1. The van der Waals surface area contributed by atoms with Gasteiger partial charge in [0.25, 0.3) is 0 Å². The summed E-state index contributed by atoms with van der Waals surface area (Å²) in [4.78, 5) is 15.8. The maximum Gasteiger partial charge on any atom is 0.192 e. The second-order valence-electron chi connectivity index (χ2n) is 6.31. The molecule has 3 aromatic rings. The summed E-state index contributed by atoms with van der Waals surface area (Å²) in [6, 6.07) is 6.20. The summed E-state index contributed by atoms with van der Waals surface area (Å²) >= 11 is 3.39. The van der Waals surface area contributed by atoms with Gasteiger partial charge in [0, 0.05) is 37.3 Å². The zero-order valence-electron chi connectivity index (χ0n) is 13.6. The number of nitrogens with zero attached hydrogens (tertiary/aromatic N) is 4. The van der Waals surface area contributed by atoms with Gasteiger partial charge in [-0.15, -0.1) is 0 Å². The molecule has 0 bridgehead atoms. The molecular formula is C18H19BrN4O. The maximum absolute atomic E-state index is 5.78. The molecule has 0 radical (unpaired) electrons. The Bertz CT molecular complexity index is 838. The predicted octanol–water partition coefficient (Wildman–Crippen LogP) is 4.07. The van der Waals surface area contributed by atoms with Crippen LogP contribution >= 0.6 is 15.9 Å². The van der Waals surface area contributed by atoms with E-state index < -0.39 is 0 Å². The number of benzene rings is 1. The molecule has 124 valence electrons. The zero-order valence-corrected chi connectivity index (χ0v) is 15.2. The van der Waals surface area contributed by atoms with E-state index in [1.165, 1.54) is 5.56 Å². The molecule has 0 atom stereocenters. The van der Waals surface area contributed by atoms with Crippen LogP contribution in [0.2, 0.25) is 0 Å². The molecule has 4 rings (SSSR count). The quantitative estimate of drug-likeness (QED) is 0.678. The van der Waals surface area contributed by atoms with Gasteiger partial charge in [0.15, 0.2) is 11.5 Å². The zero-order chi connectivity index (χ0) is 16.5. The molecule has 6 heteroatoms. The van der Waals surface area contributed by atoms with Crippen molar-refractivity contribution in [1.29, 1.82) is 0 Å². The summed E-state index contributed by atoms with van der Waals surface area (Å²) in [5.74, 6) is 2.15. The lowest BCUT2D eigenvalue weighted by Gasteiger charge is -2.31. The highest BCUT2D eigenvalue weighted by Gasteiger charge is 2.23. The van der Waals surface area contributed by atoms with Crippen LogP contribution in [0, 0.1) is 6.92 Å². The lowest BCUT2D eigenvalue weighted by Crippen LogP contribution is -2.33. The van der Waals surface area contributed by atoms with Crippen molar-refractivity contribution in [3.63, 3.8) is 0 Å². The topological polar surface area (TPSA) is 55.1 Å².